The number of H-pyrrole nitrogens is 3. The van der Waals surface area contributed by atoms with Gasteiger partial charge in [0.2, 0.25) is 94.5 Å². The number of aromatic nitrogens is 4. The summed E-state index contributed by atoms with van der Waals surface area (Å²) in [5.74, 6) is -14.5. The molecule has 0 unspecified atom stereocenters. The first kappa shape index (κ1) is 107. The van der Waals surface area contributed by atoms with Gasteiger partial charge >= 0.3 is 0 Å². The van der Waals surface area contributed by atoms with Crippen LogP contribution in [0.2, 0.25) is 0 Å². The molecule has 3 fully saturated rings. The number of hydrogen-bond acceptors (Lipinski definition) is 23. The Morgan fingerprint density at radius 3 is 1.62 bits per heavy atom. The fourth-order valence-electron chi connectivity index (χ4n) is 17.3. The Balaban J connectivity index is 1.11. The first-order valence-corrected chi connectivity index (χ1v) is 48.1. The molecule has 6 aromatic rings. The number of benzene rings is 3. The largest absolute Gasteiger partial charge is 0.508 e. The number of fused-ring (bicyclic) bond motifs is 4. The maximum Gasteiger partial charge on any atom is 0.245 e. The number of aromatic hydroxyl groups is 1. The maximum atomic E-state index is 16.0. The first-order chi connectivity index (χ1) is 65.1. The predicted molar refractivity (Wildman–Crippen MR) is 509 cm³/mol. The van der Waals surface area contributed by atoms with Gasteiger partial charge in [0.05, 0.1) is 30.4 Å². The number of hydrogen-bond donors (Lipinski definition) is 19. The van der Waals surface area contributed by atoms with E-state index in [2.05, 4.69) is 73.1 Å². The number of aliphatic hydroxyl groups excluding tert-OH is 1. The lowest BCUT2D eigenvalue weighted by atomic mass is 9.99. The molecule has 3 aliphatic rings. The molecule has 23 N–H and O–H groups in total. The number of carbonyl (C=O) groups is 16. The van der Waals surface area contributed by atoms with Crippen LogP contribution in [0.5, 0.6) is 5.75 Å². The van der Waals surface area contributed by atoms with Crippen LogP contribution in [-0.2, 0) is 102 Å². The first-order valence-electron chi connectivity index (χ1n) is 47.0. The van der Waals surface area contributed by atoms with Crippen LogP contribution >= 0.6 is 11.8 Å². The average molecular weight is 1910 g/mol. The third kappa shape index (κ3) is 30.0. The Morgan fingerprint density at radius 1 is 0.515 bits per heavy atom. The number of rotatable bonds is 29. The van der Waals surface area contributed by atoms with E-state index in [1.165, 1.54) is 79.6 Å². The second-order valence-electron chi connectivity index (χ2n) is 35.8. The van der Waals surface area contributed by atoms with Crippen LogP contribution in [-0.4, -0.2) is 312 Å². The minimum atomic E-state index is -1.55. The summed E-state index contributed by atoms with van der Waals surface area (Å²) in [6, 6.07) is 0.207. The van der Waals surface area contributed by atoms with E-state index >= 15 is 38.4 Å². The number of nitrogens with two attached hydrogens (primary N) is 4. The molecule has 3 aliphatic heterocycles. The molecule has 6 heterocycles. The summed E-state index contributed by atoms with van der Waals surface area (Å²) in [4.78, 5) is 259. The van der Waals surface area contributed by atoms with Gasteiger partial charge in [-0.05, 0) is 150 Å². The summed E-state index contributed by atoms with van der Waals surface area (Å²) >= 11 is 0.831. The smallest absolute Gasteiger partial charge is 0.245 e. The second-order valence-corrected chi connectivity index (χ2v) is 36.8. The molecular formula is C94H137N23O18S. The normalized spacial score (nSPS) is 24.8. The predicted octanol–water partition coefficient (Wildman–Crippen LogP) is -0.453. The van der Waals surface area contributed by atoms with Gasteiger partial charge in [0.25, 0.3) is 0 Å². The Kier molecular flexibility index (Phi) is 41.4. The summed E-state index contributed by atoms with van der Waals surface area (Å²) in [6.07, 6.45) is 6.84. The lowest BCUT2D eigenvalue weighted by Gasteiger charge is -2.36. The van der Waals surface area contributed by atoms with Gasteiger partial charge < -0.3 is 126 Å². The quantitative estimate of drug-likeness (QED) is 0.0264. The Labute approximate surface area is 795 Å². The van der Waals surface area contributed by atoms with Crippen LogP contribution < -0.4 is 76.1 Å². The molecule has 3 aromatic carbocycles. The molecule has 15 atom stereocenters. The maximum absolute atomic E-state index is 16.0. The van der Waals surface area contributed by atoms with Gasteiger partial charge in [-0.25, -0.2) is 4.98 Å². The molecule has 0 radical (unpaired) electrons. The minimum absolute atomic E-state index is 0.00170. The highest BCUT2D eigenvalue weighted by molar-refractivity contribution is 8.00. The summed E-state index contributed by atoms with van der Waals surface area (Å²) in [5, 5.41) is 50.9. The van der Waals surface area contributed by atoms with Gasteiger partial charge in [0.1, 0.15) is 90.3 Å². The van der Waals surface area contributed by atoms with Crippen LogP contribution in [0.3, 0.4) is 0 Å². The lowest BCUT2D eigenvalue weighted by molar-refractivity contribution is -0.149. The molecule has 742 valence electrons. The number of thioether (sulfide) groups is 1. The van der Waals surface area contributed by atoms with Crippen molar-refractivity contribution < 1.29 is 86.9 Å². The van der Waals surface area contributed by atoms with E-state index in [-0.39, 0.29) is 140 Å². The van der Waals surface area contributed by atoms with Crippen molar-refractivity contribution in [3.63, 3.8) is 0 Å². The number of phenolic OH excluding ortho intramolecular Hbond substituents is 1. The number of phenols is 1. The van der Waals surface area contributed by atoms with Crippen molar-refractivity contribution in [3.05, 3.63) is 120 Å². The fourth-order valence-corrected chi connectivity index (χ4v) is 18.2. The third-order valence-electron chi connectivity index (χ3n) is 25.1. The van der Waals surface area contributed by atoms with E-state index in [0.717, 1.165) is 21.6 Å². The lowest BCUT2D eigenvalue weighted by Crippen LogP contribution is -2.61. The molecule has 41 nitrogen and oxygen atoms in total. The van der Waals surface area contributed by atoms with Crippen LogP contribution in [0.4, 0.5) is 0 Å². The average Bonchev–Trinajstić information content (AvgIpc) is 1.46. The third-order valence-corrected chi connectivity index (χ3v) is 26.1. The van der Waals surface area contributed by atoms with Gasteiger partial charge in [0.15, 0.2) is 0 Å². The number of unbranched alkanes of at least 4 members (excludes halogenated alkanes) is 4. The van der Waals surface area contributed by atoms with E-state index < -0.39 is 204 Å². The van der Waals surface area contributed by atoms with E-state index in [1.807, 2.05) is 38.1 Å². The molecule has 0 bridgehead atoms. The van der Waals surface area contributed by atoms with Crippen LogP contribution in [0, 0.1) is 5.92 Å². The zero-order valence-electron chi connectivity index (χ0n) is 78.8. The number of nitrogens with zero attached hydrogens (tertiary/aromatic N) is 6. The standard InChI is InChI=1S/C94H137N23O18S/c1-9-11-28-75-87(128)108-69(40-54(3)4)84(125)112-74(82(123)102-49-79(98)120)51-136-52-80(121)104-72(41-56-31-33-60(118)34-32-56)90(131)113(6)55(5)81(122)106-68(35-38-97)92(133)116-39-21-30-76(116)88(129)110-71(44-59-48-99-53-103-59)86(127)107-67(27-18-20-37-96)93(134)117-50-61(119)45-78(117)89(130)109-70(42-57-46-100-64-24-15-13-22-62(57)64)85(126)105-66(26-17-19-36-95)83(124)111-73(43-58-47-101-65-25-16-14-23-63(58)65)91(132)115(8)77(29-12-10-2)94(135)114(75)7/h13-16,22-25,31-34,46-48,53-55,61,66-78,100-101,118-119H,9-12,17-21,26-30,35-45,49-52,95-97H2,1-8H3,(H2,98,120)(H,99,103)(H,102,123)(H,104,121)(H,105,126)(H,106,122)(H,107,127)(H,108,128)(H,109,130)(H,110,129)(H,111,124)(H,112,125)/t55-,61+,66-,67-,68-,69-,70-,71-,72-,73-,74-,75-,76-,77-,78-/m0/s1. The van der Waals surface area contributed by atoms with Crippen molar-refractivity contribution in [2.45, 2.75) is 260 Å². The molecule has 0 aliphatic carbocycles. The Bertz CT molecular complexity index is 5090. The summed E-state index contributed by atoms with van der Waals surface area (Å²) < 4.78 is 0. The molecule has 0 spiro atoms. The highest BCUT2D eigenvalue weighted by atomic mass is 32.2. The van der Waals surface area contributed by atoms with Crippen molar-refractivity contribution in [2.75, 3.05) is 71.9 Å². The zero-order valence-corrected chi connectivity index (χ0v) is 79.6. The number of carbonyl (C=O) groups excluding carboxylic acids is 16. The van der Waals surface area contributed by atoms with Gasteiger partial charge in [-0.1, -0.05) is 102 Å². The molecule has 16 amide bonds. The Hall–Kier alpha value is -12.5. The molecule has 42 heteroatoms. The molecule has 3 aromatic heterocycles. The van der Waals surface area contributed by atoms with Gasteiger partial charge in [0, 0.05) is 112 Å². The summed E-state index contributed by atoms with van der Waals surface area (Å²) in [7, 11) is 4.13. The monoisotopic (exact) mass is 1910 g/mol. The van der Waals surface area contributed by atoms with E-state index in [1.54, 1.807) is 50.5 Å². The Morgan fingerprint density at radius 2 is 1.03 bits per heavy atom. The molecule has 136 heavy (non-hydrogen) atoms. The van der Waals surface area contributed by atoms with Crippen molar-refractivity contribution in [3.8, 4) is 5.75 Å². The van der Waals surface area contributed by atoms with Crippen molar-refractivity contribution >= 4 is 128 Å². The number of primary amides is 1. The van der Waals surface area contributed by atoms with Gasteiger partial charge in [-0.15, -0.1) is 11.8 Å². The van der Waals surface area contributed by atoms with Gasteiger partial charge in [-0.2, -0.15) is 0 Å². The SMILES string of the molecule is CCCC[C@H]1C(=O)N(C)[C@@H](CCCC)C(=O)N[C@@H](CC(C)C)C(=O)N[C@H](C(=O)NCC(N)=O)CSCC(=O)N[C@@H](Cc2ccc(O)cc2)C(=O)N(C)[C@@H](C)C(=O)N[C@@H](CCN)C(=O)N2CCC[C@H]2C(=O)N[C@@H](Cc2c[nH]cn2)C(=O)N[C@@H](CCCCN)C(=O)N2C[C@H](O)C[C@H]2C(=O)N[C@@H](Cc2c[nH]c3ccccc23)C(=O)N[C@@H](CCCCN)C(=O)N[C@@H](Cc2c[nH]c3ccccc23)C(=O)N1C. The highest BCUT2D eigenvalue weighted by Crippen LogP contribution is 2.28. The van der Waals surface area contributed by atoms with Crippen LogP contribution in [0.1, 0.15) is 166 Å². The zero-order chi connectivity index (χ0) is 99.0. The molecule has 9 rings (SSSR count). The van der Waals surface area contributed by atoms with Crippen LogP contribution in [0.25, 0.3) is 21.8 Å². The number of imidazole rings is 1. The molecule has 0 saturated carbocycles. The molecule has 3 saturated heterocycles. The van der Waals surface area contributed by atoms with Gasteiger partial charge in [-0.3, -0.25) is 76.7 Å². The number of aliphatic hydroxyl groups is 1. The van der Waals surface area contributed by atoms with Crippen LogP contribution in [0.15, 0.2) is 97.7 Å². The minimum Gasteiger partial charge on any atom is -0.508 e. The highest BCUT2D eigenvalue weighted by Gasteiger charge is 2.47. The van der Waals surface area contributed by atoms with Crippen molar-refractivity contribution in [1.82, 2.24) is 97.6 Å². The van der Waals surface area contributed by atoms with Crippen molar-refractivity contribution in [1.29, 1.82) is 0 Å². The van der Waals surface area contributed by atoms with E-state index in [4.69, 9.17) is 22.9 Å². The molecular weight excluding hydrogens is 1770 g/mol. The number of nitrogens with one attached hydrogen (secondary N) is 13. The van der Waals surface area contributed by atoms with E-state index in [0.29, 0.717) is 82.7 Å². The van der Waals surface area contributed by atoms with E-state index in [9.17, 15) is 48.6 Å². The summed E-state index contributed by atoms with van der Waals surface area (Å²) in [6.45, 7) is 7.80. The number of aromatic amines is 3. The second kappa shape index (κ2) is 52.5. The topological polar surface area (TPSA) is 614 Å². The van der Waals surface area contributed by atoms with Crippen molar-refractivity contribution in [2.24, 2.45) is 28.9 Å². The number of para-hydroxylation sites is 2. The number of likely N-dealkylation sites (N-methyl/N-ethyl adjacent to an activating group) is 3. The summed E-state index contributed by atoms with van der Waals surface area (Å²) in [5.41, 5.74) is 26.9. The fraction of sp³-hybridized carbons (Fsp3) is 0.564. The number of amides is 16.